The van der Waals surface area contributed by atoms with Crippen molar-refractivity contribution in [3.8, 4) is 0 Å². The van der Waals surface area contributed by atoms with Gasteiger partial charge in [-0.3, -0.25) is 4.79 Å². The highest BCUT2D eigenvalue weighted by molar-refractivity contribution is 5.96. The lowest BCUT2D eigenvalue weighted by atomic mass is 10.1. The van der Waals surface area contributed by atoms with Crippen molar-refractivity contribution in [3.63, 3.8) is 0 Å². The Labute approximate surface area is 106 Å². The Kier molecular flexibility index (Phi) is 5.41. The van der Waals surface area contributed by atoms with E-state index in [1.54, 1.807) is 30.1 Å². The summed E-state index contributed by atoms with van der Waals surface area (Å²) in [6.07, 6.45) is 0. The number of nitrogen functional groups attached to an aromatic ring is 1. The molecule has 0 spiro atoms. The van der Waals surface area contributed by atoms with Gasteiger partial charge in [0.05, 0.1) is 24.6 Å². The van der Waals surface area contributed by atoms with Crippen LogP contribution in [0.1, 0.15) is 10.4 Å². The molecule has 0 saturated heterocycles. The van der Waals surface area contributed by atoms with Gasteiger partial charge in [-0.05, 0) is 18.2 Å². The monoisotopic (exact) mass is 253 g/mol. The van der Waals surface area contributed by atoms with Crippen LogP contribution in [0, 0.1) is 0 Å². The van der Waals surface area contributed by atoms with E-state index in [9.17, 15) is 4.79 Å². The summed E-state index contributed by atoms with van der Waals surface area (Å²) in [6, 6.07) is 4.93. The van der Waals surface area contributed by atoms with Crippen molar-refractivity contribution in [2.75, 3.05) is 44.0 Å². The van der Waals surface area contributed by atoms with Gasteiger partial charge in [0.2, 0.25) is 0 Å². The molecule has 0 aromatic heterocycles. The van der Waals surface area contributed by atoms with E-state index in [0.29, 0.717) is 30.0 Å². The Bertz CT molecular complexity index is 404. The van der Waals surface area contributed by atoms with Crippen LogP contribution in [0.2, 0.25) is 0 Å². The smallest absolute Gasteiger partial charge is 0.251 e. The van der Waals surface area contributed by atoms with Crippen molar-refractivity contribution >= 4 is 17.3 Å². The van der Waals surface area contributed by atoms with Crippen molar-refractivity contribution in [3.05, 3.63) is 23.8 Å². The molecule has 0 saturated carbocycles. The summed E-state index contributed by atoms with van der Waals surface area (Å²) < 4.78 is 0. The van der Waals surface area contributed by atoms with E-state index in [0.717, 1.165) is 0 Å². The molecule has 0 radical (unpaired) electrons. The average molecular weight is 253 g/mol. The average Bonchev–Trinajstić information content (AvgIpc) is 2.38. The largest absolute Gasteiger partial charge is 0.397 e. The van der Waals surface area contributed by atoms with Crippen molar-refractivity contribution in [1.82, 2.24) is 5.32 Å². The molecule has 0 aliphatic heterocycles. The van der Waals surface area contributed by atoms with Gasteiger partial charge in [-0.25, -0.2) is 0 Å². The fourth-order valence-corrected chi connectivity index (χ4v) is 1.70. The number of nitrogens with zero attached hydrogens (tertiary/aromatic N) is 1. The SMILES string of the molecule is CNC(=O)c1ccc(N)c(N(CCO)CCO)c1. The Morgan fingerprint density at radius 3 is 2.44 bits per heavy atom. The van der Waals surface area contributed by atoms with Gasteiger partial charge >= 0.3 is 0 Å². The maximum atomic E-state index is 11.5. The molecule has 0 aliphatic carbocycles. The molecule has 1 aromatic rings. The van der Waals surface area contributed by atoms with E-state index in [1.165, 1.54) is 0 Å². The molecule has 6 nitrogen and oxygen atoms in total. The van der Waals surface area contributed by atoms with Crippen LogP contribution < -0.4 is 16.0 Å². The van der Waals surface area contributed by atoms with E-state index >= 15 is 0 Å². The van der Waals surface area contributed by atoms with Gasteiger partial charge in [0.25, 0.3) is 5.91 Å². The summed E-state index contributed by atoms with van der Waals surface area (Å²) in [7, 11) is 1.55. The van der Waals surface area contributed by atoms with Gasteiger partial charge in [0.1, 0.15) is 0 Å². The van der Waals surface area contributed by atoms with E-state index in [1.807, 2.05) is 0 Å². The first-order valence-electron chi connectivity index (χ1n) is 5.72. The van der Waals surface area contributed by atoms with Crippen molar-refractivity contribution < 1.29 is 15.0 Å². The number of nitrogens with one attached hydrogen (secondary N) is 1. The number of aliphatic hydroxyl groups excluding tert-OH is 2. The first kappa shape index (κ1) is 14.3. The van der Waals surface area contributed by atoms with E-state index in [-0.39, 0.29) is 19.1 Å². The molecule has 0 atom stereocenters. The van der Waals surface area contributed by atoms with Crippen molar-refractivity contribution in [2.24, 2.45) is 0 Å². The minimum Gasteiger partial charge on any atom is -0.397 e. The highest BCUT2D eigenvalue weighted by Gasteiger charge is 2.12. The molecular weight excluding hydrogens is 234 g/mol. The zero-order chi connectivity index (χ0) is 13.5. The summed E-state index contributed by atoms with van der Waals surface area (Å²) in [5, 5.41) is 20.5. The number of rotatable bonds is 6. The quantitative estimate of drug-likeness (QED) is 0.508. The molecule has 6 heteroatoms. The number of nitrogens with two attached hydrogens (primary N) is 1. The maximum absolute atomic E-state index is 11.5. The van der Waals surface area contributed by atoms with Crippen LogP contribution in [0.3, 0.4) is 0 Å². The van der Waals surface area contributed by atoms with E-state index in [2.05, 4.69) is 5.32 Å². The number of carbonyl (C=O) groups excluding carboxylic acids is 1. The molecule has 5 N–H and O–H groups in total. The normalized spacial score (nSPS) is 10.2. The molecule has 0 heterocycles. The summed E-state index contributed by atoms with van der Waals surface area (Å²) in [5.74, 6) is -0.204. The number of benzene rings is 1. The van der Waals surface area contributed by atoms with Crippen LogP contribution in [0.15, 0.2) is 18.2 Å². The number of carbonyl (C=O) groups is 1. The van der Waals surface area contributed by atoms with Gasteiger partial charge in [-0.1, -0.05) is 0 Å². The first-order valence-corrected chi connectivity index (χ1v) is 5.72. The van der Waals surface area contributed by atoms with E-state index in [4.69, 9.17) is 15.9 Å². The molecule has 0 aliphatic rings. The third-order valence-corrected chi connectivity index (χ3v) is 2.60. The Balaban J connectivity index is 3.07. The molecule has 1 amide bonds. The van der Waals surface area contributed by atoms with Crippen LogP contribution in [0.5, 0.6) is 0 Å². The Hall–Kier alpha value is -1.79. The van der Waals surface area contributed by atoms with Crippen molar-refractivity contribution in [1.29, 1.82) is 0 Å². The van der Waals surface area contributed by atoms with Gasteiger partial charge in [-0.15, -0.1) is 0 Å². The lowest BCUT2D eigenvalue weighted by Crippen LogP contribution is -2.30. The second-order valence-electron chi connectivity index (χ2n) is 3.79. The standard InChI is InChI=1S/C12H19N3O3/c1-14-12(18)9-2-3-10(13)11(8-9)15(4-6-16)5-7-17/h2-3,8,16-17H,4-7,13H2,1H3,(H,14,18). The third-order valence-electron chi connectivity index (χ3n) is 2.60. The molecule has 0 unspecified atom stereocenters. The molecule has 18 heavy (non-hydrogen) atoms. The number of hydrogen-bond acceptors (Lipinski definition) is 5. The second kappa shape index (κ2) is 6.83. The van der Waals surface area contributed by atoms with Crippen LogP contribution in [0.25, 0.3) is 0 Å². The number of amides is 1. The van der Waals surface area contributed by atoms with Crippen LogP contribution >= 0.6 is 0 Å². The third kappa shape index (κ3) is 3.35. The molecule has 1 aromatic carbocycles. The lowest BCUT2D eigenvalue weighted by Gasteiger charge is -2.24. The fraction of sp³-hybridized carbons (Fsp3) is 0.417. The highest BCUT2D eigenvalue weighted by atomic mass is 16.3. The summed E-state index contributed by atoms with van der Waals surface area (Å²) in [5.41, 5.74) is 7.49. The minimum atomic E-state index is -0.204. The number of anilines is 2. The molecule has 0 fully saturated rings. The first-order chi connectivity index (χ1) is 8.63. The van der Waals surface area contributed by atoms with E-state index < -0.39 is 0 Å². The predicted molar refractivity (Wildman–Crippen MR) is 70.6 cm³/mol. The number of hydrogen-bond donors (Lipinski definition) is 4. The van der Waals surface area contributed by atoms with Crippen LogP contribution in [-0.2, 0) is 0 Å². The van der Waals surface area contributed by atoms with Gasteiger partial charge < -0.3 is 26.2 Å². The van der Waals surface area contributed by atoms with Crippen molar-refractivity contribution in [2.45, 2.75) is 0 Å². The maximum Gasteiger partial charge on any atom is 0.251 e. The molecule has 1 rings (SSSR count). The zero-order valence-corrected chi connectivity index (χ0v) is 10.4. The molecule has 0 bridgehead atoms. The number of aliphatic hydroxyl groups is 2. The highest BCUT2D eigenvalue weighted by Crippen LogP contribution is 2.24. The summed E-state index contributed by atoms with van der Waals surface area (Å²) in [4.78, 5) is 13.3. The second-order valence-corrected chi connectivity index (χ2v) is 3.79. The zero-order valence-electron chi connectivity index (χ0n) is 10.4. The van der Waals surface area contributed by atoms with Crippen LogP contribution in [-0.4, -0.2) is 49.5 Å². The van der Waals surface area contributed by atoms with Crippen LogP contribution in [0.4, 0.5) is 11.4 Å². The van der Waals surface area contributed by atoms with Gasteiger partial charge in [0, 0.05) is 25.7 Å². The lowest BCUT2D eigenvalue weighted by molar-refractivity contribution is 0.0963. The topological polar surface area (TPSA) is 98.8 Å². The predicted octanol–water partition coefficient (Wildman–Crippen LogP) is -0.581. The minimum absolute atomic E-state index is 0.0519. The summed E-state index contributed by atoms with van der Waals surface area (Å²) >= 11 is 0. The molecular formula is C12H19N3O3. The fourth-order valence-electron chi connectivity index (χ4n) is 1.70. The molecule has 100 valence electrons. The Morgan fingerprint density at radius 2 is 1.94 bits per heavy atom. The Morgan fingerprint density at radius 1 is 1.33 bits per heavy atom. The van der Waals surface area contributed by atoms with Gasteiger partial charge in [0.15, 0.2) is 0 Å². The van der Waals surface area contributed by atoms with Gasteiger partial charge in [-0.2, -0.15) is 0 Å². The summed E-state index contributed by atoms with van der Waals surface area (Å²) in [6.45, 7) is 0.594.